The summed E-state index contributed by atoms with van der Waals surface area (Å²) in [5.41, 5.74) is 0. The Bertz CT molecular complexity index is 220. The highest BCUT2D eigenvalue weighted by Crippen LogP contribution is 1.95. The number of carbonyl (C=O) groups excluding carboxylic acids is 2. The number of carbonyl (C=O) groups is 3. The molecule has 1 unspecified atom stereocenters. The van der Waals surface area contributed by atoms with Crippen LogP contribution in [0.3, 0.4) is 0 Å². The molecule has 0 fully saturated rings. The Morgan fingerprint density at radius 1 is 1.29 bits per heavy atom. The number of carboxylic acids is 3. The SMILES string of the molecule is O=C([O-])CNC(CCC(=O)O)C(=O)[O-]. The van der Waals surface area contributed by atoms with Crippen LogP contribution in [0.4, 0.5) is 0 Å². The molecule has 0 heterocycles. The quantitative estimate of drug-likeness (QED) is 0.435. The molecule has 7 nitrogen and oxygen atoms in total. The number of rotatable bonds is 7. The van der Waals surface area contributed by atoms with Crippen LogP contribution in [0, 0.1) is 0 Å². The number of nitrogens with one attached hydrogen (secondary N) is 1. The van der Waals surface area contributed by atoms with Crippen molar-refractivity contribution in [2.75, 3.05) is 6.54 Å². The van der Waals surface area contributed by atoms with Crippen molar-refractivity contribution in [3.63, 3.8) is 0 Å². The van der Waals surface area contributed by atoms with E-state index in [0.29, 0.717) is 0 Å². The molecule has 0 saturated carbocycles. The second-order valence-electron chi connectivity index (χ2n) is 2.56. The maximum atomic E-state index is 10.3. The Labute approximate surface area is 79.3 Å². The van der Waals surface area contributed by atoms with Crippen molar-refractivity contribution in [2.24, 2.45) is 0 Å². The molecule has 0 aromatic carbocycles. The molecule has 0 aromatic heterocycles. The van der Waals surface area contributed by atoms with E-state index in [1.54, 1.807) is 0 Å². The predicted molar refractivity (Wildman–Crippen MR) is 38.7 cm³/mol. The van der Waals surface area contributed by atoms with Crippen LogP contribution in [0.25, 0.3) is 0 Å². The van der Waals surface area contributed by atoms with E-state index in [-0.39, 0.29) is 12.8 Å². The minimum atomic E-state index is -1.53. The highest BCUT2D eigenvalue weighted by Gasteiger charge is 2.10. The first-order valence-corrected chi connectivity index (χ1v) is 3.79. The van der Waals surface area contributed by atoms with E-state index < -0.39 is 30.5 Å². The summed E-state index contributed by atoms with van der Waals surface area (Å²) < 4.78 is 0. The average Bonchev–Trinajstić information content (AvgIpc) is 2.02. The van der Waals surface area contributed by atoms with E-state index in [9.17, 15) is 24.6 Å². The van der Waals surface area contributed by atoms with Crippen LogP contribution >= 0.6 is 0 Å². The molecule has 0 saturated heterocycles. The fourth-order valence-corrected chi connectivity index (χ4v) is 0.778. The van der Waals surface area contributed by atoms with Gasteiger partial charge in [-0.15, -0.1) is 0 Å². The first-order chi connectivity index (χ1) is 6.43. The molecule has 0 bridgehead atoms. The number of hydrogen-bond donors (Lipinski definition) is 2. The molecule has 0 rings (SSSR count). The third-order valence-corrected chi connectivity index (χ3v) is 1.42. The molecule has 14 heavy (non-hydrogen) atoms. The lowest BCUT2D eigenvalue weighted by atomic mass is 10.1. The predicted octanol–water partition coefficient (Wildman–Crippen LogP) is -3.69. The van der Waals surface area contributed by atoms with Gasteiger partial charge in [-0.1, -0.05) is 0 Å². The molecule has 1 atom stereocenters. The lowest BCUT2D eigenvalue weighted by Crippen LogP contribution is -2.49. The molecule has 7 heteroatoms. The molecule has 0 aromatic rings. The highest BCUT2D eigenvalue weighted by atomic mass is 16.4. The Hall–Kier alpha value is -1.63. The summed E-state index contributed by atoms with van der Waals surface area (Å²) >= 11 is 0. The van der Waals surface area contributed by atoms with Gasteiger partial charge >= 0.3 is 5.97 Å². The summed E-state index contributed by atoms with van der Waals surface area (Å²) in [6, 6.07) is -1.29. The van der Waals surface area contributed by atoms with Gasteiger partial charge in [-0.3, -0.25) is 4.79 Å². The zero-order valence-electron chi connectivity index (χ0n) is 7.19. The van der Waals surface area contributed by atoms with Gasteiger partial charge in [0.15, 0.2) is 0 Å². The fraction of sp³-hybridized carbons (Fsp3) is 0.571. The fourth-order valence-electron chi connectivity index (χ4n) is 0.778. The van der Waals surface area contributed by atoms with Crippen LogP contribution in [-0.2, 0) is 14.4 Å². The molecule has 0 amide bonds. The van der Waals surface area contributed by atoms with Crippen molar-refractivity contribution in [1.82, 2.24) is 5.32 Å². The van der Waals surface area contributed by atoms with Gasteiger partial charge in [0.1, 0.15) is 0 Å². The molecule has 2 N–H and O–H groups in total. The van der Waals surface area contributed by atoms with E-state index in [1.165, 1.54) is 0 Å². The van der Waals surface area contributed by atoms with Crippen LogP contribution in [0.2, 0.25) is 0 Å². The lowest BCUT2D eigenvalue weighted by molar-refractivity contribution is -0.309. The van der Waals surface area contributed by atoms with Crippen molar-refractivity contribution in [3.8, 4) is 0 Å². The van der Waals surface area contributed by atoms with Gasteiger partial charge in [-0.05, 0) is 6.42 Å². The van der Waals surface area contributed by atoms with Gasteiger partial charge in [-0.2, -0.15) is 0 Å². The molecule has 0 aliphatic heterocycles. The summed E-state index contributed by atoms with van der Waals surface area (Å²) in [5, 5.41) is 30.6. The molecule has 0 spiro atoms. The Morgan fingerprint density at radius 2 is 1.86 bits per heavy atom. The number of carboxylic acid groups (broad SMARTS) is 3. The molecule has 0 aliphatic carbocycles. The standard InChI is InChI=1S/C7H11NO6/c9-5(10)2-1-4(7(13)14)8-3-6(11)12/h4,8H,1-3H2,(H,9,10)(H,11,12)(H,13,14)/p-2. The second kappa shape index (κ2) is 5.92. The van der Waals surface area contributed by atoms with Crippen LogP contribution < -0.4 is 15.5 Å². The number of aliphatic carboxylic acids is 3. The summed E-state index contributed by atoms with van der Waals surface area (Å²) in [7, 11) is 0. The second-order valence-corrected chi connectivity index (χ2v) is 2.56. The van der Waals surface area contributed by atoms with Crippen LogP contribution in [0.5, 0.6) is 0 Å². The Morgan fingerprint density at radius 3 is 2.21 bits per heavy atom. The zero-order valence-corrected chi connectivity index (χ0v) is 7.19. The molecule has 0 aliphatic rings. The van der Waals surface area contributed by atoms with Gasteiger partial charge in [0.25, 0.3) is 0 Å². The first-order valence-electron chi connectivity index (χ1n) is 3.79. The summed E-state index contributed by atoms with van der Waals surface area (Å²) in [5.74, 6) is -4.16. The number of hydrogen-bond acceptors (Lipinski definition) is 6. The Balaban J connectivity index is 3.96. The van der Waals surface area contributed by atoms with Crippen LogP contribution in [0.1, 0.15) is 12.8 Å². The zero-order chi connectivity index (χ0) is 11.1. The minimum Gasteiger partial charge on any atom is -0.549 e. The average molecular weight is 203 g/mol. The summed E-state index contributed by atoms with van der Waals surface area (Å²) in [6.45, 7) is -0.654. The topological polar surface area (TPSA) is 130 Å². The molecule has 0 radical (unpaired) electrons. The molecular weight excluding hydrogens is 194 g/mol. The third kappa shape index (κ3) is 5.95. The molecular formula is C7H9NO6-2. The van der Waals surface area contributed by atoms with E-state index in [2.05, 4.69) is 5.32 Å². The maximum Gasteiger partial charge on any atom is 0.303 e. The lowest BCUT2D eigenvalue weighted by Gasteiger charge is -2.18. The summed E-state index contributed by atoms with van der Waals surface area (Å²) in [6.07, 6.45) is -0.607. The van der Waals surface area contributed by atoms with Gasteiger partial charge in [0.2, 0.25) is 0 Å². The van der Waals surface area contributed by atoms with Crippen molar-refractivity contribution < 1.29 is 29.7 Å². The van der Waals surface area contributed by atoms with Crippen LogP contribution in [-0.4, -0.2) is 35.6 Å². The largest absolute Gasteiger partial charge is 0.549 e. The Kier molecular flexibility index (Phi) is 5.23. The third-order valence-electron chi connectivity index (χ3n) is 1.42. The van der Waals surface area contributed by atoms with Gasteiger partial charge < -0.3 is 30.2 Å². The summed E-state index contributed by atoms with van der Waals surface area (Å²) in [4.78, 5) is 30.4. The van der Waals surface area contributed by atoms with Crippen molar-refractivity contribution >= 4 is 17.9 Å². The normalized spacial score (nSPS) is 12.0. The van der Waals surface area contributed by atoms with Crippen molar-refractivity contribution in [1.29, 1.82) is 0 Å². The van der Waals surface area contributed by atoms with E-state index >= 15 is 0 Å². The van der Waals surface area contributed by atoms with E-state index in [4.69, 9.17) is 5.11 Å². The van der Waals surface area contributed by atoms with Gasteiger partial charge in [0.05, 0.1) is 11.9 Å². The van der Waals surface area contributed by atoms with Crippen molar-refractivity contribution in [2.45, 2.75) is 18.9 Å². The van der Waals surface area contributed by atoms with E-state index in [0.717, 1.165) is 0 Å². The van der Waals surface area contributed by atoms with E-state index in [1.807, 2.05) is 0 Å². The van der Waals surface area contributed by atoms with Crippen LogP contribution in [0.15, 0.2) is 0 Å². The van der Waals surface area contributed by atoms with Gasteiger partial charge in [-0.25, -0.2) is 0 Å². The maximum absolute atomic E-state index is 10.3. The monoisotopic (exact) mass is 203 g/mol. The highest BCUT2D eigenvalue weighted by molar-refractivity contribution is 5.74. The minimum absolute atomic E-state index is 0.231. The molecule has 80 valence electrons. The smallest absolute Gasteiger partial charge is 0.303 e. The first kappa shape index (κ1) is 12.4. The van der Waals surface area contributed by atoms with Gasteiger partial charge in [0, 0.05) is 19.0 Å². The van der Waals surface area contributed by atoms with Crippen molar-refractivity contribution in [3.05, 3.63) is 0 Å².